The Morgan fingerprint density at radius 2 is 2.04 bits per heavy atom. The van der Waals surface area contributed by atoms with Crippen molar-refractivity contribution in [1.29, 1.82) is 0 Å². The fraction of sp³-hybridized carbons (Fsp3) is 0.556. The average Bonchev–Trinajstić information content (AvgIpc) is 2.64. The van der Waals surface area contributed by atoms with Crippen LogP contribution in [0.1, 0.15) is 25.3 Å². The van der Waals surface area contributed by atoms with Crippen LogP contribution < -0.4 is 10.1 Å². The zero-order chi connectivity index (χ0) is 18.2. The number of aliphatic imine (C=N–C) groups is 1. The number of hydrogen-bond donors (Lipinski definition) is 1. The van der Waals surface area contributed by atoms with Crippen LogP contribution >= 0.6 is 24.0 Å². The van der Waals surface area contributed by atoms with Gasteiger partial charge in [-0.15, -0.1) is 24.0 Å². The van der Waals surface area contributed by atoms with E-state index in [2.05, 4.69) is 15.2 Å². The fourth-order valence-electron chi connectivity index (χ4n) is 2.89. The Morgan fingerprint density at radius 1 is 1.35 bits per heavy atom. The minimum Gasteiger partial charge on any atom is -0.494 e. The van der Waals surface area contributed by atoms with E-state index in [-0.39, 0.29) is 47.4 Å². The number of likely N-dealkylation sites (tertiary alicyclic amines) is 1. The molecule has 1 aliphatic rings. The summed E-state index contributed by atoms with van der Waals surface area (Å²) in [6.45, 7) is 4.60. The smallest absolute Gasteiger partial charge is 0.308 e. The summed E-state index contributed by atoms with van der Waals surface area (Å²) in [5.41, 5.74) is 0.776. The third-order valence-corrected chi connectivity index (χ3v) is 4.29. The van der Waals surface area contributed by atoms with Gasteiger partial charge in [-0.05, 0) is 37.5 Å². The number of halogens is 2. The second-order valence-electron chi connectivity index (χ2n) is 5.92. The summed E-state index contributed by atoms with van der Waals surface area (Å²) in [6, 6.07) is 4.85. The van der Waals surface area contributed by atoms with Crippen LogP contribution in [0.4, 0.5) is 4.39 Å². The molecule has 1 aromatic rings. The molecular formula is C18H27FIN3O3. The van der Waals surface area contributed by atoms with Gasteiger partial charge in [-0.25, -0.2) is 9.38 Å². The minimum atomic E-state index is -0.390. The van der Waals surface area contributed by atoms with Crippen LogP contribution in [0, 0.1) is 11.7 Å². The number of nitrogens with one attached hydrogen (secondary N) is 1. The Kier molecular flexibility index (Phi) is 9.68. The second kappa shape index (κ2) is 11.2. The Morgan fingerprint density at radius 3 is 2.58 bits per heavy atom. The molecule has 1 fully saturated rings. The van der Waals surface area contributed by atoms with Crippen molar-refractivity contribution in [2.24, 2.45) is 10.9 Å². The zero-order valence-electron chi connectivity index (χ0n) is 15.5. The summed E-state index contributed by atoms with van der Waals surface area (Å²) < 4.78 is 23.5. The molecule has 0 amide bonds. The van der Waals surface area contributed by atoms with E-state index in [0.717, 1.165) is 44.0 Å². The van der Waals surface area contributed by atoms with Gasteiger partial charge in [0.25, 0.3) is 0 Å². The van der Waals surface area contributed by atoms with Gasteiger partial charge < -0.3 is 19.7 Å². The second-order valence-corrected chi connectivity index (χ2v) is 5.92. The topological polar surface area (TPSA) is 63.2 Å². The summed E-state index contributed by atoms with van der Waals surface area (Å²) in [5, 5.41) is 3.26. The molecule has 0 spiro atoms. The Bertz CT molecular complexity index is 620. The highest BCUT2D eigenvalue weighted by molar-refractivity contribution is 14.0. The maximum Gasteiger partial charge on any atom is 0.308 e. The molecule has 0 unspecified atom stereocenters. The van der Waals surface area contributed by atoms with E-state index in [0.29, 0.717) is 6.54 Å². The van der Waals surface area contributed by atoms with E-state index in [4.69, 9.17) is 9.47 Å². The first kappa shape index (κ1) is 22.5. The van der Waals surface area contributed by atoms with Gasteiger partial charge in [0.1, 0.15) is 0 Å². The minimum absolute atomic E-state index is 0. The highest BCUT2D eigenvalue weighted by atomic mass is 127. The Hall–Kier alpha value is -1.58. The SMILES string of the molecule is CCNC(=NCc1ccc(OC)c(F)c1)N1CCC(C(=O)OC)CC1.I. The molecule has 1 aromatic carbocycles. The predicted octanol–water partition coefficient (Wildman–Crippen LogP) is 2.80. The lowest BCUT2D eigenvalue weighted by Gasteiger charge is -2.33. The van der Waals surface area contributed by atoms with E-state index in [1.54, 1.807) is 12.1 Å². The van der Waals surface area contributed by atoms with Crippen LogP contribution in [0.25, 0.3) is 0 Å². The molecule has 0 aromatic heterocycles. The molecular weight excluding hydrogens is 452 g/mol. The number of nitrogens with zero attached hydrogens (tertiary/aromatic N) is 2. The maximum absolute atomic E-state index is 13.8. The van der Waals surface area contributed by atoms with Crippen molar-refractivity contribution < 1.29 is 18.7 Å². The molecule has 1 N–H and O–H groups in total. The number of esters is 1. The largest absolute Gasteiger partial charge is 0.494 e. The van der Waals surface area contributed by atoms with Crippen molar-refractivity contribution in [2.45, 2.75) is 26.3 Å². The zero-order valence-corrected chi connectivity index (χ0v) is 17.8. The number of rotatable bonds is 5. The van der Waals surface area contributed by atoms with Crippen LogP contribution in [0.3, 0.4) is 0 Å². The predicted molar refractivity (Wildman–Crippen MR) is 109 cm³/mol. The summed E-state index contributed by atoms with van der Waals surface area (Å²) in [5.74, 6) is 0.431. The van der Waals surface area contributed by atoms with Crippen LogP contribution in [-0.4, -0.2) is 50.7 Å². The average molecular weight is 479 g/mol. The van der Waals surface area contributed by atoms with E-state index in [9.17, 15) is 9.18 Å². The van der Waals surface area contributed by atoms with E-state index < -0.39 is 0 Å². The number of guanidine groups is 1. The van der Waals surface area contributed by atoms with Gasteiger partial charge in [-0.1, -0.05) is 6.07 Å². The quantitative estimate of drug-likeness (QED) is 0.305. The number of benzene rings is 1. The summed E-state index contributed by atoms with van der Waals surface area (Å²) in [4.78, 5) is 18.4. The maximum atomic E-state index is 13.8. The molecule has 1 heterocycles. The first-order chi connectivity index (χ1) is 12.1. The van der Waals surface area contributed by atoms with E-state index in [1.807, 2.05) is 6.92 Å². The molecule has 2 rings (SSSR count). The number of carbonyl (C=O) groups is 1. The summed E-state index contributed by atoms with van der Waals surface area (Å²) >= 11 is 0. The third-order valence-electron chi connectivity index (χ3n) is 4.29. The van der Waals surface area contributed by atoms with Gasteiger partial charge in [0.05, 0.1) is 26.7 Å². The lowest BCUT2D eigenvalue weighted by molar-refractivity contribution is -0.146. The van der Waals surface area contributed by atoms with Crippen LogP contribution in [0.5, 0.6) is 5.75 Å². The lowest BCUT2D eigenvalue weighted by Crippen LogP contribution is -2.46. The van der Waals surface area contributed by atoms with Crippen molar-refractivity contribution in [3.05, 3.63) is 29.6 Å². The molecule has 8 heteroatoms. The van der Waals surface area contributed by atoms with Crippen LogP contribution in [0.15, 0.2) is 23.2 Å². The number of carbonyl (C=O) groups excluding carboxylic acids is 1. The van der Waals surface area contributed by atoms with Crippen molar-refractivity contribution in [2.75, 3.05) is 33.9 Å². The lowest BCUT2D eigenvalue weighted by atomic mass is 9.97. The molecule has 0 aliphatic carbocycles. The number of methoxy groups -OCH3 is 2. The molecule has 26 heavy (non-hydrogen) atoms. The molecule has 6 nitrogen and oxygen atoms in total. The Balaban J connectivity index is 0.00000338. The normalized spacial score (nSPS) is 15.2. The molecule has 1 saturated heterocycles. The van der Waals surface area contributed by atoms with Crippen molar-refractivity contribution in [3.63, 3.8) is 0 Å². The molecule has 146 valence electrons. The molecule has 1 aliphatic heterocycles. The van der Waals surface area contributed by atoms with Crippen molar-refractivity contribution in [1.82, 2.24) is 10.2 Å². The molecule has 0 saturated carbocycles. The monoisotopic (exact) mass is 479 g/mol. The Labute approximate surface area is 171 Å². The standard InChI is InChI=1S/C18H26FN3O3.HI/c1-4-20-18(22-9-7-14(8-10-22)17(23)25-3)21-12-13-5-6-16(24-2)15(19)11-13;/h5-6,11,14H,4,7-10,12H2,1-3H3,(H,20,21);1H. The van der Waals surface area contributed by atoms with E-state index in [1.165, 1.54) is 20.3 Å². The highest BCUT2D eigenvalue weighted by Crippen LogP contribution is 2.20. The van der Waals surface area contributed by atoms with Crippen LogP contribution in [0.2, 0.25) is 0 Å². The van der Waals surface area contributed by atoms with Gasteiger partial charge in [0.15, 0.2) is 17.5 Å². The fourth-order valence-corrected chi connectivity index (χ4v) is 2.89. The van der Waals surface area contributed by atoms with Gasteiger partial charge in [0, 0.05) is 19.6 Å². The molecule has 0 atom stereocenters. The third kappa shape index (κ3) is 6.00. The van der Waals surface area contributed by atoms with Gasteiger partial charge >= 0.3 is 5.97 Å². The first-order valence-corrected chi connectivity index (χ1v) is 8.52. The number of piperidine rings is 1. The van der Waals surface area contributed by atoms with Crippen LogP contribution in [-0.2, 0) is 16.1 Å². The number of ether oxygens (including phenoxy) is 2. The number of hydrogen-bond acceptors (Lipinski definition) is 4. The van der Waals surface area contributed by atoms with Crippen molar-refractivity contribution >= 4 is 35.9 Å². The van der Waals surface area contributed by atoms with Gasteiger partial charge in [-0.2, -0.15) is 0 Å². The van der Waals surface area contributed by atoms with Crippen molar-refractivity contribution in [3.8, 4) is 5.75 Å². The van der Waals surface area contributed by atoms with Gasteiger partial charge in [0.2, 0.25) is 0 Å². The summed E-state index contributed by atoms with van der Waals surface area (Å²) in [6.07, 6.45) is 1.49. The summed E-state index contributed by atoms with van der Waals surface area (Å²) in [7, 11) is 2.87. The highest BCUT2D eigenvalue weighted by Gasteiger charge is 2.26. The molecule has 0 bridgehead atoms. The van der Waals surface area contributed by atoms with Gasteiger partial charge in [-0.3, -0.25) is 4.79 Å². The molecule has 0 radical (unpaired) electrons. The first-order valence-electron chi connectivity index (χ1n) is 8.52. The van der Waals surface area contributed by atoms with E-state index >= 15 is 0 Å².